The second-order valence-corrected chi connectivity index (χ2v) is 11.0. The van der Waals surface area contributed by atoms with Gasteiger partial charge >= 0.3 is 0 Å². The molecule has 200 valence electrons. The van der Waals surface area contributed by atoms with Crippen molar-refractivity contribution in [2.75, 3.05) is 32.8 Å². The van der Waals surface area contributed by atoms with Crippen LogP contribution in [-0.4, -0.2) is 81.0 Å². The molecule has 1 aromatic carbocycles. The number of pyridine rings is 1. The van der Waals surface area contributed by atoms with Crippen LogP contribution >= 0.6 is 11.6 Å². The fourth-order valence-electron chi connectivity index (χ4n) is 6.43. The molecule has 1 N–H and O–H groups in total. The van der Waals surface area contributed by atoms with Crippen LogP contribution in [0.3, 0.4) is 0 Å². The van der Waals surface area contributed by atoms with Crippen LogP contribution in [0.1, 0.15) is 54.7 Å². The molecule has 0 bridgehead atoms. The number of carbonyl (C=O) groups is 2. The van der Waals surface area contributed by atoms with Crippen molar-refractivity contribution in [1.82, 2.24) is 19.7 Å². The van der Waals surface area contributed by atoms with Gasteiger partial charge < -0.3 is 19.6 Å². The first-order chi connectivity index (χ1) is 18.3. The molecule has 3 fully saturated rings. The molecular formula is C28H30ClFN4O4. The van der Waals surface area contributed by atoms with Gasteiger partial charge in [0, 0.05) is 25.2 Å². The van der Waals surface area contributed by atoms with Crippen LogP contribution in [0.25, 0.3) is 11.3 Å². The Hall–Kier alpha value is -3.17. The van der Waals surface area contributed by atoms with E-state index in [1.165, 1.54) is 24.3 Å². The minimum Gasteiger partial charge on any atom is -0.507 e. The summed E-state index contributed by atoms with van der Waals surface area (Å²) in [7, 11) is 0. The molecule has 1 aromatic heterocycles. The molecule has 3 aliphatic heterocycles. The number of nitrogens with zero attached hydrogens (tertiary/aromatic N) is 4. The molecule has 1 aliphatic carbocycles. The summed E-state index contributed by atoms with van der Waals surface area (Å²) in [5, 5.41) is 10.6. The second-order valence-electron chi connectivity index (χ2n) is 10.6. The van der Waals surface area contributed by atoms with E-state index < -0.39 is 11.9 Å². The van der Waals surface area contributed by atoms with E-state index in [4.69, 9.17) is 21.3 Å². The van der Waals surface area contributed by atoms with Gasteiger partial charge in [0.2, 0.25) is 5.91 Å². The van der Waals surface area contributed by atoms with Crippen molar-refractivity contribution >= 4 is 23.4 Å². The van der Waals surface area contributed by atoms with Gasteiger partial charge in [-0.3, -0.25) is 14.5 Å². The van der Waals surface area contributed by atoms with Crippen molar-refractivity contribution in [2.24, 2.45) is 0 Å². The molecule has 1 spiro atoms. The summed E-state index contributed by atoms with van der Waals surface area (Å²) in [5.41, 5.74) is 0.767. The Morgan fingerprint density at radius 1 is 1.29 bits per heavy atom. The average molecular weight is 541 g/mol. The van der Waals surface area contributed by atoms with Crippen LogP contribution in [0.4, 0.5) is 4.39 Å². The van der Waals surface area contributed by atoms with Crippen molar-refractivity contribution in [2.45, 2.75) is 50.2 Å². The van der Waals surface area contributed by atoms with Crippen molar-refractivity contribution in [3.05, 3.63) is 53.0 Å². The number of likely N-dealkylation sites (tertiary alicyclic amines) is 1. The third kappa shape index (κ3) is 3.86. The normalized spacial score (nSPS) is 22.9. The van der Waals surface area contributed by atoms with Crippen molar-refractivity contribution in [3.63, 3.8) is 0 Å². The Balaban J connectivity index is 1.50. The lowest BCUT2D eigenvalue weighted by molar-refractivity contribution is -0.128. The lowest BCUT2D eigenvalue weighted by Crippen LogP contribution is -2.57. The van der Waals surface area contributed by atoms with E-state index in [9.17, 15) is 14.7 Å². The number of phenols is 1. The Morgan fingerprint density at radius 3 is 2.79 bits per heavy atom. The summed E-state index contributed by atoms with van der Waals surface area (Å²) in [6, 6.07) is 3.37. The van der Waals surface area contributed by atoms with Crippen LogP contribution in [0.15, 0.2) is 30.9 Å². The molecule has 2 atom stereocenters. The summed E-state index contributed by atoms with van der Waals surface area (Å²) in [4.78, 5) is 37.0. The fourth-order valence-corrected chi connectivity index (χ4v) is 6.71. The maximum atomic E-state index is 15.0. The van der Waals surface area contributed by atoms with Crippen LogP contribution in [0, 0.1) is 5.82 Å². The third-order valence-electron chi connectivity index (χ3n) is 8.56. The number of piperazine rings is 1. The minimum absolute atomic E-state index is 0.0221. The molecule has 2 aromatic rings. The van der Waals surface area contributed by atoms with Gasteiger partial charge in [0.25, 0.3) is 5.91 Å². The SMILES string of the molecule is C=CC(=O)N1CCN2C(=O)c3c(C(C)N4CCCC45CC5)nc(-c4c(O)cccc4F)c(Cl)c3OC[C@H]2C1. The number of rotatable bonds is 4. The summed E-state index contributed by atoms with van der Waals surface area (Å²) < 4.78 is 21.3. The van der Waals surface area contributed by atoms with Gasteiger partial charge in [-0.05, 0) is 57.4 Å². The minimum atomic E-state index is -0.672. The van der Waals surface area contributed by atoms with Gasteiger partial charge in [0.05, 0.1) is 29.0 Å². The predicted molar refractivity (Wildman–Crippen MR) is 140 cm³/mol. The van der Waals surface area contributed by atoms with E-state index in [0.717, 1.165) is 32.2 Å². The average Bonchev–Trinajstić information content (AvgIpc) is 3.59. The number of aromatic nitrogens is 1. The van der Waals surface area contributed by atoms with Gasteiger partial charge in [-0.1, -0.05) is 24.2 Å². The van der Waals surface area contributed by atoms with Crippen LogP contribution in [0.5, 0.6) is 11.5 Å². The number of aromatic hydroxyl groups is 1. The number of amides is 2. The smallest absolute Gasteiger partial charge is 0.260 e. The van der Waals surface area contributed by atoms with Gasteiger partial charge in [-0.25, -0.2) is 9.37 Å². The highest BCUT2D eigenvalue weighted by molar-refractivity contribution is 6.35. The van der Waals surface area contributed by atoms with E-state index >= 15 is 4.39 Å². The van der Waals surface area contributed by atoms with Crippen molar-refractivity contribution in [1.29, 1.82) is 0 Å². The quantitative estimate of drug-likeness (QED) is 0.586. The zero-order valence-corrected chi connectivity index (χ0v) is 22.0. The molecule has 8 nitrogen and oxygen atoms in total. The number of carbonyl (C=O) groups excluding carboxylic acids is 2. The highest BCUT2D eigenvalue weighted by Gasteiger charge is 2.53. The predicted octanol–water partition coefficient (Wildman–Crippen LogP) is 4.17. The monoisotopic (exact) mass is 540 g/mol. The van der Waals surface area contributed by atoms with Gasteiger partial charge in [0.1, 0.15) is 28.8 Å². The number of hydrogen-bond donors (Lipinski definition) is 1. The summed E-state index contributed by atoms with van der Waals surface area (Å²) >= 11 is 6.82. The lowest BCUT2D eigenvalue weighted by atomic mass is 9.99. The molecule has 0 radical (unpaired) electrons. The zero-order chi connectivity index (χ0) is 26.8. The number of halogens is 2. The molecule has 4 aliphatic rings. The Kier molecular flexibility index (Phi) is 6.11. The summed E-state index contributed by atoms with van der Waals surface area (Å²) in [5.74, 6) is -1.29. The van der Waals surface area contributed by atoms with E-state index in [-0.39, 0.29) is 63.3 Å². The second kappa shape index (κ2) is 9.24. The molecule has 2 saturated heterocycles. The molecule has 6 rings (SSSR count). The van der Waals surface area contributed by atoms with E-state index in [0.29, 0.717) is 25.3 Å². The summed E-state index contributed by atoms with van der Waals surface area (Å²) in [6.07, 6.45) is 5.62. The van der Waals surface area contributed by atoms with Gasteiger partial charge in [-0.2, -0.15) is 0 Å². The number of phenolic OH excluding ortho intramolecular Hbond substituents is 1. The molecule has 1 saturated carbocycles. The van der Waals surface area contributed by atoms with E-state index in [1.54, 1.807) is 9.80 Å². The summed E-state index contributed by atoms with van der Waals surface area (Å²) in [6.45, 7) is 7.58. The first kappa shape index (κ1) is 25.1. The largest absolute Gasteiger partial charge is 0.507 e. The molecule has 10 heteroatoms. The number of ether oxygens (including phenoxy) is 1. The maximum Gasteiger partial charge on any atom is 0.260 e. The molecule has 1 unspecified atom stereocenters. The van der Waals surface area contributed by atoms with E-state index in [1.807, 2.05) is 6.92 Å². The van der Waals surface area contributed by atoms with Crippen LogP contribution in [-0.2, 0) is 4.79 Å². The lowest BCUT2D eigenvalue weighted by Gasteiger charge is -2.39. The van der Waals surface area contributed by atoms with Crippen LogP contribution < -0.4 is 4.74 Å². The van der Waals surface area contributed by atoms with Gasteiger partial charge in [-0.15, -0.1) is 0 Å². The van der Waals surface area contributed by atoms with Gasteiger partial charge in [0.15, 0.2) is 5.75 Å². The number of fused-ring (bicyclic) bond motifs is 2. The number of hydrogen-bond acceptors (Lipinski definition) is 6. The third-order valence-corrected chi connectivity index (χ3v) is 8.91. The topological polar surface area (TPSA) is 86.2 Å². The first-order valence-corrected chi connectivity index (χ1v) is 13.5. The highest BCUT2D eigenvalue weighted by atomic mass is 35.5. The number of benzene rings is 1. The highest BCUT2D eigenvalue weighted by Crippen LogP contribution is 2.54. The van der Waals surface area contributed by atoms with Crippen molar-refractivity contribution in [3.8, 4) is 22.8 Å². The van der Waals surface area contributed by atoms with E-state index in [2.05, 4.69) is 11.5 Å². The Morgan fingerprint density at radius 2 is 2.08 bits per heavy atom. The zero-order valence-electron chi connectivity index (χ0n) is 21.3. The Labute approximate surface area is 225 Å². The van der Waals surface area contributed by atoms with Crippen LogP contribution in [0.2, 0.25) is 5.02 Å². The van der Waals surface area contributed by atoms with Crippen molar-refractivity contribution < 1.29 is 23.8 Å². The molecule has 2 amide bonds. The standard InChI is InChI=1S/C28H30ClFN4O4/c1-3-20(36)32-12-13-33-17(14-32)15-38-26-22(27(33)37)24(16(2)34-11-5-8-28(34)9-10-28)31-25(23(26)29)21-18(30)6-4-7-19(21)35/h3-4,6-7,16-17,35H,1,5,8-15H2,2H3/t16?,17-/m1/s1. The molecule has 4 heterocycles. The molecule has 38 heavy (non-hydrogen) atoms. The first-order valence-electron chi connectivity index (χ1n) is 13.1. The molecular weight excluding hydrogens is 511 g/mol. The maximum absolute atomic E-state index is 15.0. The fraction of sp³-hybridized carbons (Fsp3) is 0.464. The Bertz CT molecular complexity index is 1330.